The number of carbonyl (C=O) groups excluding carboxylic acids is 1. The van der Waals surface area contributed by atoms with Crippen molar-refractivity contribution in [1.29, 1.82) is 0 Å². The van der Waals surface area contributed by atoms with Gasteiger partial charge in [0.2, 0.25) is 0 Å². The molecule has 5 nitrogen and oxygen atoms in total. The fraction of sp³-hybridized carbons (Fsp3) is 0.350. The van der Waals surface area contributed by atoms with Crippen LogP contribution in [0.15, 0.2) is 54.6 Å². The summed E-state index contributed by atoms with van der Waals surface area (Å²) in [6.45, 7) is 4.51. The normalized spacial score (nSPS) is 15.0. The third-order valence-corrected chi connectivity index (χ3v) is 4.35. The van der Waals surface area contributed by atoms with Crippen molar-refractivity contribution in [3.05, 3.63) is 60.2 Å². The van der Waals surface area contributed by atoms with E-state index in [2.05, 4.69) is 7.05 Å². The number of benzene rings is 2. The summed E-state index contributed by atoms with van der Waals surface area (Å²) in [6, 6.07) is 17.0. The predicted octanol–water partition coefficient (Wildman–Crippen LogP) is 1.11. The number of likely N-dealkylation sites (N-methyl/N-ethyl adjacent to an activating group) is 1. The molecule has 5 heteroatoms. The van der Waals surface area contributed by atoms with Crippen molar-refractivity contribution in [2.24, 2.45) is 0 Å². The molecule has 3 rings (SSSR count). The van der Waals surface area contributed by atoms with Gasteiger partial charge in [0.05, 0.1) is 33.2 Å². The Morgan fingerprint density at radius 1 is 0.960 bits per heavy atom. The van der Waals surface area contributed by atoms with Crippen LogP contribution in [0, 0.1) is 0 Å². The number of piperazine rings is 1. The zero-order chi connectivity index (χ0) is 17.5. The van der Waals surface area contributed by atoms with E-state index in [0.29, 0.717) is 24.5 Å². The third kappa shape index (κ3) is 4.97. The summed E-state index contributed by atoms with van der Waals surface area (Å²) in [5.74, 6) is 1.60. The summed E-state index contributed by atoms with van der Waals surface area (Å²) >= 11 is 0. The average molecular weight is 341 g/mol. The van der Waals surface area contributed by atoms with E-state index in [1.54, 1.807) is 0 Å². The van der Waals surface area contributed by atoms with E-state index >= 15 is 0 Å². The van der Waals surface area contributed by atoms with Crippen LogP contribution in [-0.4, -0.2) is 57.2 Å². The van der Waals surface area contributed by atoms with Crippen molar-refractivity contribution >= 4 is 5.91 Å². The molecule has 0 atom stereocenters. The van der Waals surface area contributed by atoms with Crippen molar-refractivity contribution in [3.8, 4) is 11.5 Å². The maximum Gasteiger partial charge on any atom is 0.254 e. The van der Waals surface area contributed by atoms with Crippen LogP contribution in [-0.2, 0) is 0 Å². The molecule has 0 unspecified atom stereocenters. The summed E-state index contributed by atoms with van der Waals surface area (Å²) < 4.78 is 11.3. The van der Waals surface area contributed by atoms with Crippen LogP contribution in [0.1, 0.15) is 10.4 Å². The van der Waals surface area contributed by atoms with Gasteiger partial charge in [-0.3, -0.25) is 4.79 Å². The molecule has 0 saturated carbocycles. The fourth-order valence-electron chi connectivity index (χ4n) is 2.83. The lowest BCUT2D eigenvalue weighted by Crippen LogP contribution is -3.12. The molecule has 0 spiro atoms. The summed E-state index contributed by atoms with van der Waals surface area (Å²) in [7, 11) is 2.16. The van der Waals surface area contributed by atoms with Gasteiger partial charge in [0, 0.05) is 5.56 Å². The molecular formula is C20H25N2O3+. The van der Waals surface area contributed by atoms with E-state index < -0.39 is 0 Å². The van der Waals surface area contributed by atoms with Crippen molar-refractivity contribution < 1.29 is 19.2 Å². The number of hydrogen-bond acceptors (Lipinski definition) is 3. The molecule has 0 radical (unpaired) electrons. The lowest BCUT2D eigenvalue weighted by Gasteiger charge is -2.30. The highest BCUT2D eigenvalue weighted by Crippen LogP contribution is 2.15. The van der Waals surface area contributed by atoms with E-state index in [1.165, 1.54) is 4.90 Å². The summed E-state index contributed by atoms with van der Waals surface area (Å²) in [5, 5.41) is 0. The quantitative estimate of drug-likeness (QED) is 0.801. The second kappa shape index (κ2) is 8.53. The number of amides is 1. The second-order valence-electron chi connectivity index (χ2n) is 6.29. The number of para-hydroxylation sites is 1. The van der Waals surface area contributed by atoms with Crippen LogP contribution in [0.25, 0.3) is 0 Å². The van der Waals surface area contributed by atoms with Crippen LogP contribution >= 0.6 is 0 Å². The average Bonchev–Trinajstić information content (AvgIpc) is 2.66. The Morgan fingerprint density at radius 3 is 2.32 bits per heavy atom. The first kappa shape index (κ1) is 17.3. The highest BCUT2D eigenvalue weighted by molar-refractivity contribution is 5.94. The lowest BCUT2D eigenvalue weighted by molar-refractivity contribution is -0.883. The van der Waals surface area contributed by atoms with Gasteiger partial charge < -0.3 is 19.3 Å². The van der Waals surface area contributed by atoms with E-state index in [-0.39, 0.29) is 5.91 Å². The van der Waals surface area contributed by atoms with Gasteiger partial charge in [-0.25, -0.2) is 0 Å². The zero-order valence-electron chi connectivity index (χ0n) is 14.6. The highest BCUT2D eigenvalue weighted by atomic mass is 16.5. The second-order valence-corrected chi connectivity index (χ2v) is 6.29. The molecule has 2 aromatic rings. The third-order valence-electron chi connectivity index (χ3n) is 4.35. The molecule has 1 amide bonds. The van der Waals surface area contributed by atoms with Gasteiger partial charge in [-0.05, 0) is 30.3 Å². The molecule has 1 heterocycles. The molecule has 1 aliphatic heterocycles. The Kier molecular flexibility index (Phi) is 5.90. The molecule has 0 aromatic heterocycles. The Labute approximate surface area is 148 Å². The number of rotatable bonds is 6. The Morgan fingerprint density at radius 2 is 1.60 bits per heavy atom. The van der Waals surface area contributed by atoms with Gasteiger partial charge in [0.15, 0.2) is 0 Å². The maximum atomic E-state index is 12.6. The Bertz CT molecular complexity index is 682. The minimum atomic E-state index is 0.0819. The minimum Gasteiger partial charge on any atom is -0.490 e. The zero-order valence-corrected chi connectivity index (χ0v) is 14.6. The van der Waals surface area contributed by atoms with E-state index in [0.717, 1.165) is 31.9 Å². The molecule has 25 heavy (non-hydrogen) atoms. The summed E-state index contributed by atoms with van der Waals surface area (Å²) in [6.07, 6.45) is 0. The van der Waals surface area contributed by atoms with Gasteiger partial charge in [0.25, 0.3) is 5.91 Å². The molecule has 1 fully saturated rings. The van der Waals surface area contributed by atoms with Crippen LogP contribution in [0.3, 0.4) is 0 Å². The number of hydrogen-bond donors (Lipinski definition) is 1. The van der Waals surface area contributed by atoms with Gasteiger partial charge >= 0.3 is 0 Å². The number of carbonyl (C=O) groups is 1. The summed E-state index contributed by atoms with van der Waals surface area (Å²) in [5.41, 5.74) is 0.682. The Balaban J connectivity index is 1.50. The number of quaternary nitrogens is 1. The van der Waals surface area contributed by atoms with Crippen molar-refractivity contribution in [3.63, 3.8) is 0 Å². The molecule has 2 aromatic carbocycles. The molecule has 0 aliphatic carbocycles. The molecular weight excluding hydrogens is 316 g/mol. The fourth-order valence-corrected chi connectivity index (χ4v) is 2.83. The van der Waals surface area contributed by atoms with Crippen molar-refractivity contribution in [1.82, 2.24) is 4.90 Å². The van der Waals surface area contributed by atoms with Gasteiger partial charge in [-0.2, -0.15) is 0 Å². The Hall–Kier alpha value is -2.53. The molecule has 0 bridgehead atoms. The molecule has 1 N–H and O–H groups in total. The molecule has 1 saturated heterocycles. The van der Waals surface area contributed by atoms with Gasteiger partial charge in [-0.1, -0.05) is 24.3 Å². The van der Waals surface area contributed by atoms with Crippen LogP contribution in [0.4, 0.5) is 0 Å². The standard InChI is InChI=1S/C20H24N2O3/c1-21-10-12-22(13-11-21)20(23)17-6-5-9-19(16-17)25-15-14-24-18-7-3-2-4-8-18/h2-9,16H,10-15H2,1H3/p+1. The van der Waals surface area contributed by atoms with E-state index in [1.807, 2.05) is 59.5 Å². The van der Waals surface area contributed by atoms with Crippen LogP contribution < -0.4 is 14.4 Å². The van der Waals surface area contributed by atoms with E-state index in [9.17, 15) is 4.79 Å². The number of nitrogens with one attached hydrogen (secondary N) is 1. The molecule has 132 valence electrons. The van der Waals surface area contributed by atoms with Gasteiger partial charge in [0.1, 0.15) is 24.7 Å². The minimum absolute atomic E-state index is 0.0819. The van der Waals surface area contributed by atoms with Crippen LogP contribution in [0.5, 0.6) is 11.5 Å². The first-order valence-corrected chi connectivity index (χ1v) is 8.73. The monoisotopic (exact) mass is 341 g/mol. The number of ether oxygens (including phenoxy) is 2. The largest absolute Gasteiger partial charge is 0.490 e. The van der Waals surface area contributed by atoms with Gasteiger partial charge in [-0.15, -0.1) is 0 Å². The van der Waals surface area contributed by atoms with Crippen molar-refractivity contribution in [2.45, 2.75) is 0 Å². The topological polar surface area (TPSA) is 43.2 Å². The van der Waals surface area contributed by atoms with Crippen LogP contribution in [0.2, 0.25) is 0 Å². The highest BCUT2D eigenvalue weighted by Gasteiger charge is 2.22. The smallest absolute Gasteiger partial charge is 0.254 e. The molecule has 1 aliphatic rings. The lowest BCUT2D eigenvalue weighted by atomic mass is 10.1. The number of nitrogens with zero attached hydrogens (tertiary/aromatic N) is 1. The first-order valence-electron chi connectivity index (χ1n) is 8.73. The summed E-state index contributed by atoms with van der Waals surface area (Å²) in [4.78, 5) is 16.0. The first-order chi connectivity index (χ1) is 12.2. The predicted molar refractivity (Wildman–Crippen MR) is 96.4 cm³/mol. The maximum absolute atomic E-state index is 12.6. The van der Waals surface area contributed by atoms with Crippen molar-refractivity contribution in [2.75, 3.05) is 46.4 Å². The van der Waals surface area contributed by atoms with E-state index in [4.69, 9.17) is 9.47 Å². The SMILES string of the molecule is C[NH+]1CCN(C(=O)c2cccc(OCCOc3ccccc3)c2)CC1.